The van der Waals surface area contributed by atoms with Crippen molar-refractivity contribution in [2.45, 2.75) is 32.0 Å². The van der Waals surface area contributed by atoms with Crippen molar-refractivity contribution in [1.82, 2.24) is 20.6 Å². The molecule has 1 aliphatic rings. The SMILES string of the molecule is CCOC1CN(Cc2ccc(-c3ccc(C(=O)N(C)[C@@](C)(C(=O)NC)C(=O)NO)cc3)cc2)C1. The van der Waals surface area contributed by atoms with Gasteiger partial charge in [0.15, 0.2) is 5.54 Å². The number of nitrogens with zero attached hydrogens (tertiary/aromatic N) is 2. The molecule has 9 heteroatoms. The van der Waals surface area contributed by atoms with Crippen molar-refractivity contribution in [3.8, 4) is 11.1 Å². The van der Waals surface area contributed by atoms with Gasteiger partial charge in [-0.15, -0.1) is 0 Å². The molecule has 34 heavy (non-hydrogen) atoms. The molecule has 1 heterocycles. The molecule has 3 rings (SSSR count). The van der Waals surface area contributed by atoms with E-state index >= 15 is 0 Å². The first-order valence-corrected chi connectivity index (χ1v) is 11.2. The first-order valence-electron chi connectivity index (χ1n) is 11.2. The Labute approximate surface area is 199 Å². The van der Waals surface area contributed by atoms with E-state index in [-0.39, 0.29) is 0 Å². The largest absolute Gasteiger partial charge is 0.376 e. The predicted octanol–water partition coefficient (Wildman–Crippen LogP) is 1.66. The summed E-state index contributed by atoms with van der Waals surface area (Å²) in [6, 6.07) is 15.2. The van der Waals surface area contributed by atoms with Gasteiger partial charge in [0.1, 0.15) is 0 Å². The lowest BCUT2D eigenvalue weighted by Gasteiger charge is -2.38. The van der Waals surface area contributed by atoms with Crippen molar-refractivity contribution < 1.29 is 24.3 Å². The fourth-order valence-corrected chi connectivity index (χ4v) is 4.02. The smallest absolute Gasteiger partial charge is 0.278 e. The summed E-state index contributed by atoms with van der Waals surface area (Å²) in [7, 11) is 2.69. The van der Waals surface area contributed by atoms with Gasteiger partial charge in [-0.25, -0.2) is 5.48 Å². The average molecular weight is 469 g/mol. The van der Waals surface area contributed by atoms with Gasteiger partial charge in [0.2, 0.25) is 0 Å². The van der Waals surface area contributed by atoms with Crippen LogP contribution in [0.5, 0.6) is 0 Å². The second-order valence-corrected chi connectivity index (χ2v) is 8.50. The lowest BCUT2D eigenvalue weighted by Crippen LogP contribution is -2.64. The molecule has 0 bridgehead atoms. The number of likely N-dealkylation sites (tertiary alicyclic amines) is 1. The third-order valence-corrected chi connectivity index (χ3v) is 6.34. The fourth-order valence-electron chi connectivity index (χ4n) is 4.02. The number of amides is 3. The van der Waals surface area contributed by atoms with Crippen molar-refractivity contribution in [2.24, 2.45) is 0 Å². The van der Waals surface area contributed by atoms with Gasteiger partial charge >= 0.3 is 0 Å². The van der Waals surface area contributed by atoms with Crippen LogP contribution in [0.1, 0.15) is 29.8 Å². The van der Waals surface area contributed by atoms with Crippen LogP contribution in [0.2, 0.25) is 0 Å². The normalized spacial score (nSPS) is 15.7. The number of carbonyl (C=O) groups is 3. The number of nitrogens with one attached hydrogen (secondary N) is 2. The predicted molar refractivity (Wildman–Crippen MR) is 127 cm³/mol. The molecule has 9 nitrogen and oxygen atoms in total. The molecule has 1 atom stereocenters. The number of carbonyl (C=O) groups excluding carboxylic acids is 3. The van der Waals surface area contributed by atoms with Crippen LogP contribution in [0.4, 0.5) is 0 Å². The molecular formula is C25H32N4O5. The molecule has 0 spiro atoms. The van der Waals surface area contributed by atoms with Gasteiger partial charge in [0.25, 0.3) is 17.7 Å². The van der Waals surface area contributed by atoms with Crippen molar-refractivity contribution in [3.05, 3.63) is 59.7 Å². The Morgan fingerprint density at radius 3 is 2.12 bits per heavy atom. The molecule has 0 saturated carbocycles. The Bertz CT molecular complexity index is 1000. The van der Waals surface area contributed by atoms with Crippen molar-refractivity contribution in [3.63, 3.8) is 0 Å². The Hall–Kier alpha value is -3.27. The van der Waals surface area contributed by atoms with Crippen LogP contribution in [0, 0.1) is 0 Å². The fraction of sp³-hybridized carbons (Fsp3) is 0.400. The van der Waals surface area contributed by atoms with E-state index in [4.69, 9.17) is 9.94 Å². The van der Waals surface area contributed by atoms with Crippen molar-refractivity contribution in [1.29, 1.82) is 0 Å². The molecular weight excluding hydrogens is 436 g/mol. The molecule has 0 aromatic heterocycles. The van der Waals surface area contributed by atoms with E-state index in [9.17, 15) is 14.4 Å². The summed E-state index contributed by atoms with van der Waals surface area (Å²) in [5.41, 5.74) is 3.03. The number of rotatable bonds is 9. The second-order valence-electron chi connectivity index (χ2n) is 8.50. The number of ether oxygens (including phenoxy) is 1. The molecule has 0 unspecified atom stereocenters. The molecule has 0 aliphatic carbocycles. The topological polar surface area (TPSA) is 111 Å². The van der Waals surface area contributed by atoms with Gasteiger partial charge in [-0.2, -0.15) is 0 Å². The number of hydrogen-bond acceptors (Lipinski definition) is 6. The van der Waals surface area contributed by atoms with Gasteiger partial charge < -0.3 is 15.0 Å². The molecule has 3 N–H and O–H groups in total. The maximum absolute atomic E-state index is 13.0. The third kappa shape index (κ3) is 5.11. The monoisotopic (exact) mass is 468 g/mol. The van der Waals surface area contributed by atoms with E-state index in [0.29, 0.717) is 11.7 Å². The summed E-state index contributed by atoms with van der Waals surface area (Å²) < 4.78 is 5.60. The second kappa shape index (κ2) is 10.8. The number of hydroxylamine groups is 1. The highest BCUT2D eigenvalue weighted by Crippen LogP contribution is 2.24. The summed E-state index contributed by atoms with van der Waals surface area (Å²) >= 11 is 0. The molecule has 182 valence electrons. The number of hydrogen-bond donors (Lipinski definition) is 3. The molecule has 2 aromatic carbocycles. The van der Waals surface area contributed by atoms with Crippen LogP contribution in [-0.2, 0) is 20.9 Å². The summed E-state index contributed by atoms with van der Waals surface area (Å²) in [6.07, 6.45) is 0.344. The molecule has 1 aliphatic heterocycles. The van der Waals surface area contributed by atoms with E-state index < -0.39 is 23.3 Å². The zero-order valence-electron chi connectivity index (χ0n) is 20.0. The summed E-state index contributed by atoms with van der Waals surface area (Å²) in [5, 5.41) is 11.4. The van der Waals surface area contributed by atoms with Crippen LogP contribution in [0.25, 0.3) is 11.1 Å². The molecule has 2 aromatic rings. The lowest BCUT2D eigenvalue weighted by atomic mass is 9.96. The lowest BCUT2D eigenvalue weighted by molar-refractivity contribution is -0.148. The van der Waals surface area contributed by atoms with Gasteiger partial charge in [-0.05, 0) is 42.7 Å². The Morgan fingerprint density at radius 1 is 1.06 bits per heavy atom. The minimum absolute atomic E-state index is 0.311. The Kier molecular flexibility index (Phi) is 8.03. The standard InChI is InChI=1S/C25H32N4O5/c1-5-34-21-15-29(16-21)14-17-6-8-18(9-7-17)19-10-12-20(13-11-19)22(30)28(4)25(2,23(31)26-3)24(32)27-33/h6-13,21,33H,5,14-16H2,1-4H3,(H,26,31)(H,27,32)/t25-/m0/s1. The van der Waals surface area contributed by atoms with E-state index in [1.165, 1.54) is 32.1 Å². The molecule has 1 fully saturated rings. The summed E-state index contributed by atoms with van der Waals surface area (Å²) in [5.74, 6) is -2.26. The number of benzene rings is 2. The van der Waals surface area contributed by atoms with Gasteiger partial charge in [0, 0.05) is 45.9 Å². The first-order chi connectivity index (χ1) is 16.2. The minimum atomic E-state index is -1.92. The Balaban J connectivity index is 1.68. The van der Waals surface area contributed by atoms with Gasteiger partial charge in [0.05, 0.1) is 6.10 Å². The van der Waals surface area contributed by atoms with Gasteiger partial charge in [-0.3, -0.25) is 24.5 Å². The van der Waals surface area contributed by atoms with E-state index in [2.05, 4.69) is 22.3 Å². The zero-order chi connectivity index (χ0) is 24.9. The van der Waals surface area contributed by atoms with Crippen molar-refractivity contribution in [2.75, 3.05) is 33.8 Å². The molecule has 0 radical (unpaired) electrons. The average Bonchev–Trinajstić information content (AvgIpc) is 2.85. The van der Waals surface area contributed by atoms with Crippen molar-refractivity contribution >= 4 is 17.7 Å². The Morgan fingerprint density at radius 2 is 1.62 bits per heavy atom. The van der Waals surface area contributed by atoms with E-state index in [0.717, 1.165) is 42.3 Å². The van der Waals surface area contributed by atoms with Crippen LogP contribution in [-0.4, -0.2) is 78.2 Å². The minimum Gasteiger partial charge on any atom is -0.376 e. The van der Waals surface area contributed by atoms with Crippen LogP contribution in [0.15, 0.2) is 48.5 Å². The van der Waals surface area contributed by atoms with Crippen LogP contribution >= 0.6 is 0 Å². The highest BCUT2D eigenvalue weighted by Gasteiger charge is 2.47. The van der Waals surface area contributed by atoms with Crippen LogP contribution in [0.3, 0.4) is 0 Å². The van der Waals surface area contributed by atoms with Crippen LogP contribution < -0.4 is 10.8 Å². The molecule has 3 amide bonds. The highest BCUT2D eigenvalue weighted by molar-refractivity contribution is 6.12. The third-order valence-electron chi connectivity index (χ3n) is 6.34. The summed E-state index contributed by atoms with van der Waals surface area (Å²) in [6.45, 7) is 6.83. The van der Waals surface area contributed by atoms with E-state index in [1.807, 2.05) is 31.2 Å². The van der Waals surface area contributed by atoms with Gasteiger partial charge in [-0.1, -0.05) is 36.4 Å². The highest BCUT2D eigenvalue weighted by atomic mass is 16.5. The zero-order valence-corrected chi connectivity index (χ0v) is 20.0. The molecule has 1 saturated heterocycles. The maximum Gasteiger partial charge on any atom is 0.278 e. The maximum atomic E-state index is 13.0. The first kappa shape index (κ1) is 25.4. The van der Waals surface area contributed by atoms with E-state index in [1.54, 1.807) is 12.1 Å². The summed E-state index contributed by atoms with van der Waals surface area (Å²) in [4.78, 5) is 40.9. The quantitative estimate of drug-likeness (QED) is 0.293. The number of likely N-dealkylation sites (N-methyl/N-ethyl adjacent to an activating group) is 2.